The maximum atomic E-state index is 12.8. The molecule has 5 nitrogen and oxygen atoms in total. The van der Waals surface area contributed by atoms with E-state index in [4.69, 9.17) is 16.7 Å². The van der Waals surface area contributed by atoms with Crippen molar-refractivity contribution in [3.63, 3.8) is 0 Å². The van der Waals surface area contributed by atoms with Crippen molar-refractivity contribution >= 4 is 34.4 Å². The van der Waals surface area contributed by atoms with Crippen molar-refractivity contribution in [1.29, 1.82) is 0 Å². The van der Waals surface area contributed by atoms with Gasteiger partial charge in [0.1, 0.15) is 0 Å². The van der Waals surface area contributed by atoms with Gasteiger partial charge >= 0.3 is 5.97 Å². The second-order valence-corrected chi connectivity index (χ2v) is 7.56. The molecule has 0 saturated heterocycles. The number of rotatable bonds is 10. The molecular formula is C23H25ClN2O3. The lowest BCUT2D eigenvalue weighted by atomic mass is 10.1. The van der Waals surface area contributed by atoms with E-state index >= 15 is 0 Å². The molecule has 3 rings (SSSR count). The molecule has 1 heterocycles. The molecule has 0 unspecified atom stereocenters. The highest BCUT2D eigenvalue weighted by Crippen LogP contribution is 2.22. The Morgan fingerprint density at radius 2 is 1.72 bits per heavy atom. The number of unbranched alkanes of at least 4 members (excludes halogenated alkanes) is 3. The number of hydrogen-bond acceptors (Lipinski definition) is 2. The maximum Gasteiger partial charge on any atom is 0.303 e. The fourth-order valence-corrected chi connectivity index (χ4v) is 3.54. The Hall–Kier alpha value is -2.79. The minimum atomic E-state index is -0.756. The lowest BCUT2D eigenvalue weighted by Crippen LogP contribution is -2.25. The van der Waals surface area contributed by atoms with Gasteiger partial charge in [-0.05, 0) is 42.7 Å². The van der Waals surface area contributed by atoms with Gasteiger partial charge in [0.05, 0.1) is 11.1 Å². The number of amides is 1. The average Bonchev–Trinajstić information content (AvgIpc) is 3.11. The van der Waals surface area contributed by atoms with Crippen LogP contribution < -0.4 is 5.32 Å². The highest BCUT2D eigenvalue weighted by molar-refractivity contribution is 6.30. The fourth-order valence-electron chi connectivity index (χ4n) is 3.41. The molecule has 29 heavy (non-hydrogen) atoms. The van der Waals surface area contributed by atoms with Crippen molar-refractivity contribution < 1.29 is 14.7 Å². The molecular weight excluding hydrogens is 388 g/mol. The number of fused-ring (bicyclic) bond motifs is 1. The van der Waals surface area contributed by atoms with Crippen molar-refractivity contribution in [3.05, 3.63) is 70.9 Å². The highest BCUT2D eigenvalue weighted by atomic mass is 35.5. The van der Waals surface area contributed by atoms with Gasteiger partial charge in [0.2, 0.25) is 0 Å². The quantitative estimate of drug-likeness (QED) is 0.454. The summed E-state index contributed by atoms with van der Waals surface area (Å²) in [4.78, 5) is 23.3. The molecule has 0 radical (unpaired) electrons. The van der Waals surface area contributed by atoms with Crippen LogP contribution in [0, 0.1) is 0 Å². The summed E-state index contributed by atoms with van der Waals surface area (Å²) in [6.07, 6.45) is 5.50. The third kappa shape index (κ3) is 5.84. The van der Waals surface area contributed by atoms with Crippen LogP contribution in [0.5, 0.6) is 0 Å². The van der Waals surface area contributed by atoms with E-state index < -0.39 is 5.97 Å². The number of benzene rings is 2. The Labute approximate surface area is 175 Å². The molecule has 0 aliphatic heterocycles. The summed E-state index contributed by atoms with van der Waals surface area (Å²) in [5.74, 6) is -0.842. The minimum absolute atomic E-state index is 0.0859. The monoisotopic (exact) mass is 412 g/mol. The van der Waals surface area contributed by atoms with Gasteiger partial charge in [0.25, 0.3) is 5.91 Å². The number of nitrogens with zero attached hydrogens (tertiary/aromatic N) is 1. The van der Waals surface area contributed by atoms with Crippen molar-refractivity contribution in [3.8, 4) is 0 Å². The van der Waals surface area contributed by atoms with Crippen molar-refractivity contribution in [1.82, 2.24) is 9.88 Å². The summed E-state index contributed by atoms with van der Waals surface area (Å²) in [5.41, 5.74) is 2.69. The van der Waals surface area contributed by atoms with Gasteiger partial charge in [-0.25, -0.2) is 0 Å². The summed E-state index contributed by atoms with van der Waals surface area (Å²) in [5, 5.41) is 13.4. The first-order chi connectivity index (χ1) is 14.0. The van der Waals surface area contributed by atoms with Crippen molar-refractivity contribution in [2.45, 2.75) is 38.6 Å². The van der Waals surface area contributed by atoms with E-state index in [9.17, 15) is 9.59 Å². The first-order valence-electron chi connectivity index (χ1n) is 9.87. The largest absolute Gasteiger partial charge is 0.481 e. The Morgan fingerprint density at radius 1 is 0.966 bits per heavy atom. The van der Waals surface area contributed by atoms with Crippen LogP contribution in [0.25, 0.3) is 10.9 Å². The van der Waals surface area contributed by atoms with Crippen LogP contribution in [0.2, 0.25) is 5.02 Å². The molecule has 0 saturated carbocycles. The second kappa shape index (κ2) is 10.1. The smallest absolute Gasteiger partial charge is 0.303 e. The molecule has 2 N–H and O–H groups in total. The number of aromatic nitrogens is 1. The molecule has 3 aromatic rings. The van der Waals surface area contributed by atoms with Crippen LogP contribution >= 0.6 is 11.6 Å². The van der Waals surface area contributed by atoms with Crippen LogP contribution in [0.1, 0.15) is 48.0 Å². The second-order valence-electron chi connectivity index (χ2n) is 7.13. The van der Waals surface area contributed by atoms with Gasteiger partial charge < -0.3 is 15.0 Å². The zero-order valence-corrected chi connectivity index (χ0v) is 17.0. The summed E-state index contributed by atoms with van der Waals surface area (Å²) in [6, 6.07) is 15.5. The predicted molar refractivity (Wildman–Crippen MR) is 116 cm³/mol. The summed E-state index contributed by atoms with van der Waals surface area (Å²) >= 11 is 5.97. The molecule has 0 aliphatic carbocycles. The van der Waals surface area contributed by atoms with Crippen molar-refractivity contribution in [2.75, 3.05) is 6.54 Å². The van der Waals surface area contributed by atoms with Crippen LogP contribution in [-0.2, 0) is 11.3 Å². The van der Waals surface area contributed by atoms with E-state index in [1.807, 2.05) is 54.7 Å². The molecule has 1 amide bonds. The number of carbonyl (C=O) groups excluding carboxylic acids is 1. The Balaban J connectivity index is 1.63. The van der Waals surface area contributed by atoms with Crippen LogP contribution in [0.4, 0.5) is 0 Å². The van der Waals surface area contributed by atoms with E-state index in [0.717, 1.165) is 35.7 Å². The van der Waals surface area contributed by atoms with Gasteiger partial charge in [-0.3, -0.25) is 9.59 Å². The zero-order chi connectivity index (χ0) is 20.6. The fraction of sp³-hybridized carbons (Fsp3) is 0.304. The SMILES string of the molecule is O=C(O)CCCCCCNC(=O)c1cccc2ccn(Cc3ccc(Cl)cc3)c12. The standard InChI is InChI=1S/C23H25ClN2O3/c24-19-11-9-17(10-12-19)16-26-15-13-18-6-5-7-20(22(18)26)23(29)25-14-4-2-1-3-8-21(27)28/h5-7,9-13,15H,1-4,8,14,16H2,(H,25,29)(H,27,28). The number of halogens is 1. The normalized spacial score (nSPS) is 10.9. The molecule has 152 valence electrons. The van der Waals surface area contributed by atoms with E-state index in [0.29, 0.717) is 30.1 Å². The first kappa shape index (κ1) is 20.9. The first-order valence-corrected chi connectivity index (χ1v) is 10.2. The van der Waals surface area contributed by atoms with Gasteiger partial charge in [-0.15, -0.1) is 0 Å². The molecule has 2 aromatic carbocycles. The molecule has 0 fully saturated rings. The molecule has 0 bridgehead atoms. The summed E-state index contributed by atoms with van der Waals surface area (Å²) in [7, 11) is 0. The number of hydrogen-bond donors (Lipinski definition) is 2. The third-order valence-electron chi connectivity index (χ3n) is 4.90. The lowest BCUT2D eigenvalue weighted by Gasteiger charge is -2.11. The summed E-state index contributed by atoms with van der Waals surface area (Å²) < 4.78 is 2.08. The van der Waals surface area contributed by atoms with Crippen molar-refractivity contribution in [2.24, 2.45) is 0 Å². The Morgan fingerprint density at radius 3 is 2.48 bits per heavy atom. The molecule has 6 heteroatoms. The average molecular weight is 413 g/mol. The summed E-state index contributed by atoms with van der Waals surface area (Å²) in [6.45, 7) is 1.24. The lowest BCUT2D eigenvalue weighted by molar-refractivity contribution is -0.137. The van der Waals surface area contributed by atoms with Gasteiger partial charge in [-0.2, -0.15) is 0 Å². The van der Waals surface area contributed by atoms with Crippen LogP contribution in [0.15, 0.2) is 54.7 Å². The number of para-hydroxylation sites is 1. The van der Waals surface area contributed by atoms with Gasteiger partial charge in [0, 0.05) is 36.1 Å². The van der Waals surface area contributed by atoms with Gasteiger partial charge in [0.15, 0.2) is 0 Å². The minimum Gasteiger partial charge on any atom is -0.481 e. The Kier molecular flexibility index (Phi) is 7.30. The zero-order valence-electron chi connectivity index (χ0n) is 16.2. The third-order valence-corrected chi connectivity index (χ3v) is 5.15. The molecule has 0 aliphatic rings. The van der Waals surface area contributed by atoms with E-state index in [-0.39, 0.29) is 12.3 Å². The molecule has 0 atom stereocenters. The Bertz CT molecular complexity index is 979. The van der Waals surface area contributed by atoms with Crippen LogP contribution in [-0.4, -0.2) is 28.1 Å². The molecule has 0 spiro atoms. The van der Waals surface area contributed by atoms with E-state index in [1.54, 1.807) is 0 Å². The topological polar surface area (TPSA) is 71.3 Å². The molecule has 1 aromatic heterocycles. The van der Waals surface area contributed by atoms with E-state index in [1.165, 1.54) is 0 Å². The number of carboxylic acids is 1. The predicted octanol–water partition coefficient (Wildman–Crippen LogP) is 5.11. The van der Waals surface area contributed by atoms with Gasteiger partial charge in [-0.1, -0.05) is 48.7 Å². The number of nitrogens with one attached hydrogen (secondary N) is 1. The van der Waals surface area contributed by atoms with Crippen LogP contribution in [0.3, 0.4) is 0 Å². The highest BCUT2D eigenvalue weighted by Gasteiger charge is 2.13. The number of aliphatic carboxylic acids is 1. The number of carboxylic acid groups (broad SMARTS) is 1. The number of carbonyl (C=O) groups is 2. The maximum absolute atomic E-state index is 12.8. The van der Waals surface area contributed by atoms with E-state index in [2.05, 4.69) is 9.88 Å².